The number of anilines is 1. The van der Waals surface area contributed by atoms with Gasteiger partial charge in [0.1, 0.15) is 5.75 Å². The van der Waals surface area contributed by atoms with Gasteiger partial charge in [-0.3, -0.25) is 0 Å². The zero-order valence-electron chi connectivity index (χ0n) is 12.0. The van der Waals surface area contributed by atoms with Crippen molar-refractivity contribution in [3.8, 4) is 5.75 Å². The minimum atomic E-state index is -3.35. The average Bonchev–Trinajstić information content (AvgIpc) is 2.36. The quantitative estimate of drug-likeness (QED) is 0.702. The van der Waals surface area contributed by atoms with Crippen LogP contribution in [0.2, 0.25) is 0 Å². The van der Waals surface area contributed by atoms with Gasteiger partial charge in [0.15, 0.2) is 0 Å². The number of benzene rings is 1. The molecule has 0 aromatic heterocycles. The molecule has 0 saturated carbocycles. The fourth-order valence-corrected chi connectivity index (χ4v) is 2.40. The first kappa shape index (κ1) is 16.7. The molecular weight excluding hydrogens is 280 g/mol. The van der Waals surface area contributed by atoms with Gasteiger partial charge >= 0.3 is 0 Å². The summed E-state index contributed by atoms with van der Waals surface area (Å²) < 4.78 is 36.3. The van der Waals surface area contributed by atoms with Gasteiger partial charge in [0.2, 0.25) is 10.0 Å². The molecule has 0 radical (unpaired) electrons. The van der Waals surface area contributed by atoms with E-state index in [0.29, 0.717) is 11.4 Å². The Labute approximate surface area is 120 Å². The molecule has 0 unspecified atom stereocenters. The molecule has 0 aliphatic carbocycles. The molecule has 0 fully saturated rings. The SMILES string of the molecule is COc1ccc(CNS(=O)(=O)CCOC(C)C)cc1N. The van der Waals surface area contributed by atoms with Crippen LogP contribution in [0.15, 0.2) is 18.2 Å². The summed E-state index contributed by atoms with van der Waals surface area (Å²) >= 11 is 0. The average molecular weight is 302 g/mol. The van der Waals surface area contributed by atoms with Crippen LogP contribution in [0.1, 0.15) is 19.4 Å². The van der Waals surface area contributed by atoms with Crippen molar-refractivity contribution in [2.45, 2.75) is 26.5 Å². The lowest BCUT2D eigenvalue weighted by molar-refractivity contribution is 0.0911. The lowest BCUT2D eigenvalue weighted by Gasteiger charge is -2.10. The van der Waals surface area contributed by atoms with Gasteiger partial charge in [-0.15, -0.1) is 0 Å². The Balaban J connectivity index is 2.51. The minimum Gasteiger partial charge on any atom is -0.495 e. The molecule has 114 valence electrons. The van der Waals surface area contributed by atoms with Crippen molar-refractivity contribution >= 4 is 15.7 Å². The van der Waals surface area contributed by atoms with Crippen molar-refractivity contribution in [3.63, 3.8) is 0 Å². The fourth-order valence-electron chi connectivity index (χ4n) is 1.55. The molecule has 1 aromatic rings. The Kier molecular flexibility index (Phi) is 6.25. The number of sulfonamides is 1. The zero-order valence-corrected chi connectivity index (χ0v) is 12.9. The Hall–Kier alpha value is -1.31. The standard InChI is InChI=1S/C13H22N2O4S/c1-10(2)19-6-7-20(16,17)15-9-11-4-5-13(18-3)12(14)8-11/h4-5,8,10,15H,6-7,9,14H2,1-3H3. The Morgan fingerprint density at radius 3 is 2.60 bits per heavy atom. The predicted molar refractivity (Wildman–Crippen MR) is 79.1 cm³/mol. The Morgan fingerprint density at radius 1 is 1.35 bits per heavy atom. The third-order valence-corrected chi connectivity index (χ3v) is 3.88. The van der Waals surface area contributed by atoms with Crippen LogP contribution >= 0.6 is 0 Å². The summed E-state index contributed by atoms with van der Waals surface area (Å²) in [6.07, 6.45) is 0.0200. The van der Waals surface area contributed by atoms with Crippen LogP contribution in [-0.4, -0.2) is 34.0 Å². The number of rotatable bonds is 8. The van der Waals surface area contributed by atoms with E-state index >= 15 is 0 Å². The van der Waals surface area contributed by atoms with E-state index in [-0.39, 0.29) is 25.0 Å². The molecule has 6 nitrogen and oxygen atoms in total. The van der Waals surface area contributed by atoms with Gasteiger partial charge in [-0.1, -0.05) is 6.07 Å². The summed E-state index contributed by atoms with van der Waals surface area (Å²) in [6, 6.07) is 5.16. The molecule has 1 aromatic carbocycles. The van der Waals surface area contributed by atoms with Gasteiger partial charge < -0.3 is 15.2 Å². The minimum absolute atomic E-state index is 0.0200. The van der Waals surface area contributed by atoms with Crippen LogP contribution in [0.5, 0.6) is 5.75 Å². The highest BCUT2D eigenvalue weighted by molar-refractivity contribution is 7.89. The van der Waals surface area contributed by atoms with Crippen LogP contribution in [0.3, 0.4) is 0 Å². The van der Waals surface area contributed by atoms with Gasteiger partial charge in [0.25, 0.3) is 0 Å². The summed E-state index contributed by atoms with van der Waals surface area (Å²) in [5.74, 6) is 0.513. The second-order valence-electron chi connectivity index (χ2n) is 4.64. The second-order valence-corrected chi connectivity index (χ2v) is 6.56. The first-order valence-electron chi connectivity index (χ1n) is 6.35. The van der Waals surface area contributed by atoms with Crippen LogP contribution < -0.4 is 15.2 Å². The maximum Gasteiger partial charge on any atom is 0.214 e. The number of nitrogen functional groups attached to an aromatic ring is 1. The van der Waals surface area contributed by atoms with Crippen molar-refractivity contribution in [1.82, 2.24) is 4.72 Å². The zero-order chi connectivity index (χ0) is 15.2. The smallest absolute Gasteiger partial charge is 0.214 e. The van der Waals surface area contributed by atoms with Crippen molar-refractivity contribution in [2.75, 3.05) is 25.2 Å². The highest BCUT2D eigenvalue weighted by Crippen LogP contribution is 2.21. The van der Waals surface area contributed by atoms with Gasteiger partial charge in [-0.05, 0) is 31.5 Å². The topological polar surface area (TPSA) is 90.6 Å². The molecular formula is C13H22N2O4S. The van der Waals surface area contributed by atoms with E-state index in [0.717, 1.165) is 5.56 Å². The molecule has 0 amide bonds. The van der Waals surface area contributed by atoms with Crippen LogP contribution in [0.25, 0.3) is 0 Å². The van der Waals surface area contributed by atoms with E-state index in [2.05, 4.69) is 4.72 Å². The molecule has 0 heterocycles. The van der Waals surface area contributed by atoms with E-state index < -0.39 is 10.0 Å². The van der Waals surface area contributed by atoms with Gasteiger partial charge in [-0.25, -0.2) is 13.1 Å². The number of nitrogens with one attached hydrogen (secondary N) is 1. The molecule has 7 heteroatoms. The summed E-state index contributed by atoms with van der Waals surface area (Å²) in [4.78, 5) is 0. The molecule has 0 saturated heterocycles. The normalized spacial score (nSPS) is 11.8. The first-order chi connectivity index (χ1) is 9.34. The van der Waals surface area contributed by atoms with Crippen LogP contribution in [0.4, 0.5) is 5.69 Å². The maximum atomic E-state index is 11.7. The van der Waals surface area contributed by atoms with Crippen molar-refractivity contribution in [1.29, 1.82) is 0 Å². The summed E-state index contributed by atoms with van der Waals surface area (Å²) in [5, 5.41) is 0. The van der Waals surface area contributed by atoms with E-state index in [1.54, 1.807) is 18.2 Å². The van der Waals surface area contributed by atoms with Gasteiger partial charge in [0.05, 0.1) is 31.3 Å². The lowest BCUT2D eigenvalue weighted by atomic mass is 10.2. The molecule has 0 aliphatic heterocycles. The highest BCUT2D eigenvalue weighted by Gasteiger charge is 2.11. The number of ether oxygens (including phenoxy) is 2. The third-order valence-electron chi connectivity index (χ3n) is 2.59. The molecule has 0 aliphatic rings. The van der Waals surface area contributed by atoms with Gasteiger partial charge in [-0.2, -0.15) is 0 Å². The summed E-state index contributed by atoms with van der Waals surface area (Å²) in [6.45, 7) is 4.09. The summed E-state index contributed by atoms with van der Waals surface area (Å²) in [7, 11) is -1.82. The van der Waals surface area contributed by atoms with Gasteiger partial charge in [0, 0.05) is 6.54 Å². The van der Waals surface area contributed by atoms with Crippen LogP contribution in [0, 0.1) is 0 Å². The molecule has 0 atom stereocenters. The fraction of sp³-hybridized carbons (Fsp3) is 0.538. The summed E-state index contributed by atoms with van der Waals surface area (Å²) in [5.41, 5.74) is 7.02. The van der Waals surface area contributed by atoms with Crippen molar-refractivity contribution < 1.29 is 17.9 Å². The van der Waals surface area contributed by atoms with E-state index in [1.807, 2.05) is 13.8 Å². The lowest BCUT2D eigenvalue weighted by Crippen LogP contribution is -2.28. The maximum absolute atomic E-state index is 11.7. The molecule has 3 N–H and O–H groups in total. The molecule has 0 spiro atoms. The Bertz CT molecular complexity index is 529. The Morgan fingerprint density at radius 2 is 2.05 bits per heavy atom. The molecule has 1 rings (SSSR count). The number of nitrogens with two attached hydrogens (primary N) is 1. The van der Waals surface area contributed by atoms with E-state index in [9.17, 15) is 8.42 Å². The largest absolute Gasteiger partial charge is 0.495 e. The number of hydrogen-bond donors (Lipinski definition) is 2. The second kappa shape index (κ2) is 7.47. The number of hydrogen-bond acceptors (Lipinski definition) is 5. The van der Waals surface area contributed by atoms with Crippen molar-refractivity contribution in [2.24, 2.45) is 0 Å². The monoisotopic (exact) mass is 302 g/mol. The van der Waals surface area contributed by atoms with E-state index in [1.165, 1.54) is 7.11 Å². The number of methoxy groups -OCH3 is 1. The predicted octanol–water partition coefficient (Wildman–Crippen LogP) is 1.12. The van der Waals surface area contributed by atoms with Crippen LogP contribution in [-0.2, 0) is 21.3 Å². The molecule has 0 bridgehead atoms. The van der Waals surface area contributed by atoms with E-state index in [4.69, 9.17) is 15.2 Å². The third kappa shape index (κ3) is 5.77. The highest BCUT2D eigenvalue weighted by atomic mass is 32.2. The van der Waals surface area contributed by atoms with Crippen molar-refractivity contribution in [3.05, 3.63) is 23.8 Å². The molecule has 20 heavy (non-hydrogen) atoms. The first-order valence-corrected chi connectivity index (χ1v) is 8.00.